The third-order valence-corrected chi connectivity index (χ3v) is 3.01. The first-order chi connectivity index (χ1) is 6.45. The molecule has 0 N–H and O–H groups in total. The molecular weight excluding hydrogens is 377 g/mol. The Balaban J connectivity index is 3.41. The third kappa shape index (κ3) is 2.16. The lowest BCUT2D eigenvalue weighted by Gasteiger charge is -2.03. The number of hydrogen-bond acceptors (Lipinski definition) is 3. The van der Waals surface area contributed by atoms with Crippen molar-refractivity contribution in [2.75, 3.05) is 0 Å². The van der Waals surface area contributed by atoms with Gasteiger partial charge in [-0.2, -0.15) is 0 Å². The van der Waals surface area contributed by atoms with Gasteiger partial charge in [0.2, 0.25) is 0 Å². The molecule has 0 amide bonds. The van der Waals surface area contributed by atoms with E-state index < -0.39 is 22.6 Å². The molecule has 0 aliphatic carbocycles. The van der Waals surface area contributed by atoms with Crippen molar-refractivity contribution in [1.29, 1.82) is 0 Å². The molecule has 0 saturated heterocycles. The lowest BCUT2D eigenvalue weighted by Crippen LogP contribution is -1.99. The average molecular weight is 379 g/mol. The van der Waals surface area contributed by atoms with Crippen LogP contribution in [-0.4, -0.2) is 9.91 Å². The van der Waals surface area contributed by atoms with Gasteiger partial charge in [-0.25, -0.2) is 13.8 Å². The van der Waals surface area contributed by atoms with Gasteiger partial charge in [0.15, 0.2) is 3.70 Å². The van der Waals surface area contributed by atoms with Gasteiger partial charge in [0.1, 0.15) is 4.47 Å². The van der Waals surface area contributed by atoms with Crippen molar-refractivity contribution in [3.8, 4) is 0 Å². The van der Waals surface area contributed by atoms with Crippen LogP contribution in [0.25, 0.3) is 0 Å². The zero-order valence-corrected chi connectivity index (χ0v) is 10.1. The summed E-state index contributed by atoms with van der Waals surface area (Å²) in [7, 11) is 0. The second-order valence-corrected chi connectivity index (χ2v) is 4.04. The molecule has 0 unspecified atom stereocenters. The summed E-state index contributed by atoms with van der Waals surface area (Å²) in [5.41, 5.74) is -0.902. The van der Waals surface area contributed by atoms with Gasteiger partial charge in [0, 0.05) is 6.20 Å². The average Bonchev–Trinajstić information content (AvgIpc) is 2.02. The maximum absolute atomic E-state index is 12.3. The van der Waals surface area contributed by atoms with Gasteiger partial charge in [-0.1, -0.05) is 0 Å². The molecule has 0 aliphatic heterocycles. The van der Waals surface area contributed by atoms with Crippen LogP contribution in [0.1, 0.15) is 12.0 Å². The third-order valence-electron chi connectivity index (χ3n) is 1.39. The molecule has 8 heteroatoms. The first-order valence-electron chi connectivity index (χ1n) is 3.21. The molecule has 4 nitrogen and oxygen atoms in total. The number of rotatable bonds is 2. The number of alkyl halides is 2. The highest BCUT2D eigenvalue weighted by atomic mass is 127. The highest BCUT2D eigenvalue weighted by Crippen LogP contribution is 2.35. The van der Waals surface area contributed by atoms with Crippen LogP contribution in [0.4, 0.5) is 14.5 Å². The summed E-state index contributed by atoms with van der Waals surface area (Å²) in [5.74, 6) is 0. The molecule has 14 heavy (non-hydrogen) atoms. The predicted molar refractivity (Wildman–Crippen MR) is 56.3 cm³/mol. The van der Waals surface area contributed by atoms with E-state index in [1.807, 2.05) is 0 Å². The zero-order valence-electron chi connectivity index (χ0n) is 6.38. The second-order valence-electron chi connectivity index (χ2n) is 2.22. The predicted octanol–water partition coefficient (Wildman–Crippen LogP) is 3.29. The second kappa shape index (κ2) is 4.43. The van der Waals surface area contributed by atoms with Crippen LogP contribution < -0.4 is 0 Å². The van der Waals surface area contributed by atoms with Gasteiger partial charge in [0.25, 0.3) is 6.43 Å². The highest BCUT2D eigenvalue weighted by molar-refractivity contribution is 14.1. The maximum Gasteiger partial charge on any atom is 0.315 e. The Morgan fingerprint density at radius 1 is 1.64 bits per heavy atom. The Kier molecular flexibility index (Phi) is 3.70. The van der Waals surface area contributed by atoms with E-state index in [-0.39, 0.29) is 8.17 Å². The monoisotopic (exact) mass is 378 g/mol. The van der Waals surface area contributed by atoms with Crippen LogP contribution in [0.15, 0.2) is 10.7 Å². The summed E-state index contributed by atoms with van der Waals surface area (Å²) in [5, 5.41) is 10.5. The van der Waals surface area contributed by atoms with Crippen LogP contribution in [0.2, 0.25) is 0 Å². The Labute approximate surface area is 99.1 Å². The van der Waals surface area contributed by atoms with E-state index in [1.165, 1.54) is 0 Å². The quantitative estimate of drug-likeness (QED) is 0.343. The van der Waals surface area contributed by atoms with Crippen molar-refractivity contribution in [2.24, 2.45) is 0 Å². The standard InChI is InChI=1S/C6H2BrF2IN2O2/c7-3-2(5(8)9)1-11-6(10)4(3)12(13)14/h1,5H. The van der Waals surface area contributed by atoms with E-state index in [0.29, 0.717) is 0 Å². The normalized spacial score (nSPS) is 10.6. The lowest BCUT2D eigenvalue weighted by atomic mass is 10.3. The van der Waals surface area contributed by atoms with Crippen molar-refractivity contribution in [3.05, 3.63) is 30.0 Å². The van der Waals surface area contributed by atoms with Crippen molar-refractivity contribution in [1.82, 2.24) is 4.98 Å². The fraction of sp³-hybridized carbons (Fsp3) is 0.167. The number of halogens is 4. The topological polar surface area (TPSA) is 56.0 Å². The number of pyridine rings is 1. The molecule has 0 spiro atoms. The lowest BCUT2D eigenvalue weighted by molar-refractivity contribution is -0.387. The fourth-order valence-corrected chi connectivity index (χ4v) is 2.36. The molecule has 1 aromatic rings. The van der Waals surface area contributed by atoms with Gasteiger partial charge >= 0.3 is 5.69 Å². The van der Waals surface area contributed by atoms with E-state index in [9.17, 15) is 18.9 Å². The Morgan fingerprint density at radius 3 is 2.64 bits per heavy atom. The van der Waals surface area contributed by atoms with Gasteiger partial charge in [0.05, 0.1) is 10.5 Å². The molecule has 0 bridgehead atoms. The zero-order chi connectivity index (χ0) is 10.9. The number of hydrogen-bond donors (Lipinski definition) is 0. The molecule has 0 fully saturated rings. The number of nitrogens with zero attached hydrogens (tertiary/aromatic N) is 2. The summed E-state index contributed by atoms with van der Waals surface area (Å²) in [4.78, 5) is 13.3. The van der Waals surface area contributed by atoms with Crippen molar-refractivity contribution in [2.45, 2.75) is 6.43 Å². The molecule has 76 valence electrons. The van der Waals surface area contributed by atoms with E-state index in [4.69, 9.17) is 0 Å². The van der Waals surface area contributed by atoms with Crippen molar-refractivity contribution in [3.63, 3.8) is 0 Å². The minimum absolute atomic E-state index is 0.0730. The molecule has 1 aromatic heterocycles. The molecule has 1 heterocycles. The molecule has 0 saturated carbocycles. The van der Waals surface area contributed by atoms with Gasteiger partial charge in [-0.15, -0.1) is 0 Å². The van der Waals surface area contributed by atoms with Crippen molar-refractivity contribution < 1.29 is 13.7 Å². The first-order valence-corrected chi connectivity index (χ1v) is 5.08. The summed E-state index contributed by atoms with van der Waals surface area (Å²) in [6.45, 7) is 0. The van der Waals surface area contributed by atoms with Crippen LogP contribution in [0, 0.1) is 13.8 Å². The largest absolute Gasteiger partial charge is 0.315 e. The molecule has 0 radical (unpaired) electrons. The summed E-state index contributed by atoms with van der Waals surface area (Å²) in [6, 6.07) is 0. The van der Waals surface area contributed by atoms with E-state index in [0.717, 1.165) is 6.20 Å². The van der Waals surface area contributed by atoms with E-state index >= 15 is 0 Å². The maximum atomic E-state index is 12.3. The van der Waals surface area contributed by atoms with E-state index in [2.05, 4.69) is 20.9 Å². The van der Waals surface area contributed by atoms with Crippen LogP contribution in [-0.2, 0) is 0 Å². The molecule has 1 rings (SSSR count). The van der Waals surface area contributed by atoms with Gasteiger partial charge < -0.3 is 0 Å². The Morgan fingerprint density at radius 2 is 2.21 bits per heavy atom. The fourth-order valence-electron chi connectivity index (χ4n) is 0.779. The van der Waals surface area contributed by atoms with Crippen molar-refractivity contribution >= 4 is 44.2 Å². The SMILES string of the molecule is O=[N+]([O-])c1c(I)ncc(C(F)F)c1Br. The minimum atomic E-state index is -2.78. The molecule has 0 atom stereocenters. The highest BCUT2D eigenvalue weighted by Gasteiger charge is 2.25. The van der Waals surface area contributed by atoms with E-state index in [1.54, 1.807) is 22.6 Å². The molecular formula is C6H2BrF2IN2O2. The Hall–Kier alpha value is -0.380. The summed E-state index contributed by atoms with van der Waals surface area (Å²) < 4.78 is 24.5. The number of aromatic nitrogens is 1. The number of nitro groups is 1. The first kappa shape index (κ1) is 11.7. The van der Waals surface area contributed by atoms with Crippen LogP contribution in [0.5, 0.6) is 0 Å². The molecule has 0 aliphatic rings. The van der Waals surface area contributed by atoms with Crippen LogP contribution >= 0.6 is 38.5 Å². The molecule has 0 aromatic carbocycles. The van der Waals surface area contributed by atoms with Gasteiger partial charge in [-0.3, -0.25) is 10.1 Å². The summed E-state index contributed by atoms with van der Waals surface area (Å²) >= 11 is 4.38. The van der Waals surface area contributed by atoms with Gasteiger partial charge in [-0.05, 0) is 38.5 Å². The smallest absolute Gasteiger partial charge is 0.258 e. The van der Waals surface area contributed by atoms with Crippen LogP contribution in [0.3, 0.4) is 0 Å². The summed E-state index contributed by atoms with van der Waals surface area (Å²) in [6.07, 6.45) is -1.86. The minimum Gasteiger partial charge on any atom is -0.258 e. The Bertz CT molecular complexity index is 388.